The highest BCUT2D eigenvalue weighted by atomic mass is 32.1. The maximum atomic E-state index is 12.9. The third kappa shape index (κ3) is 5.13. The highest BCUT2D eigenvalue weighted by Gasteiger charge is 2.00. The number of thiocarbonyl (C=S) groups is 1. The van der Waals surface area contributed by atoms with Crippen LogP contribution in [0.3, 0.4) is 0 Å². The van der Waals surface area contributed by atoms with Crippen molar-refractivity contribution in [3.8, 4) is 0 Å². The van der Waals surface area contributed by atoms with Gasteiger partial charge in [-0.2, -0.15) is 0 Å². The molecular formula is C13H19FN2S. The lowest BCUT2D eigenvalue weighted by atomic mass is 10.1. The molecule has 0 heterocycles. The molecule has 0 aromatic heterocycles. The zero-order chi connectivity index (χ0) is 12.7. The van der Waals surface area contributed by atoms with E-state index in [1.807, 2.05) is 13.0 Å². The smallest absolute Gasteiger partial charge is 0.166 e. The Hall–Kier alpha value is -1.16. The number of rotatable bonds is 5. The molecular weight excluding hydrogens is 235 g/mol. The Balaban J connectivity index is 2.33. The van der Waals surface area contributed by atoms with Crippen LogP contribution in [0.5, 0.6) is 0 Å². The number of aryl methyl sites for hydroxylation is 1. The van der Waals surface area contributed by atoms with Crippen LogP contribution in [0.4, 0.5) is 4.39 Å². The first kappa shape index (κ1) is 13.9. The zero-order valence-corrected chi connectivity index (χ0v) is 11.2. The fourth-order valence-electron chi connectivity index (χ4n) is 1.55. The molecule has 0 unspecified atom stereocenters. The van der Waals surface area contributed by atoms with E-state index in [9.17, 15) is 4.39 Å². The Morgan fingerprint density at radius 3 is 2.65 bits per heavy atom. The minimum atomic E-state index is -0.181. The molecule has 0 spiro atoms. The van der Waals surface area contributed by atoms with Crippen molar-refractivity contribution < 1.29 is 4.39 Å². The molecule has 2 nitrogen and oxygen atoms in total. The lowest BCUT2D eigenvalue weighted by Gasteiger charge is -2.10. The van der Waals surface area contributed by atoms with E-state index in [1.54, 1.807) is 6.07 Å². The lowest BCUT2D eigenvalue weighted by molar-refractivity contribution is 0.625. The summed E-state index contributed by atoms with van der Waals surface area (Å²) in [7, 11) is 0. The van der Waals surface area contributed by atoms with Gasteiger partial charge in [-0.05, 0) is 55.2 Å². The summed E-state index contributed by atoms with van der Waals surface area (Å²) in [4.78, 5) is 0. The van der Waals surface area contributed by atoms with Crippen molar-refractivity contribution in [3.05, 3.63) is 35.1 Å². The van der Waals surface area contributed by atoms with Gasteiger partial charge in [0.05, 0.1) is 0 Å². The number of hydrogen-bond acceptors (Lipinski definition) is 1. The summed E-state index contributed by atoms with van der Waals surface area (Å²) in [6.45, 7) is 5.67. The van der Waals surface area contributed by atoms with Gasteiger partial charge in [0.1, 0.15) is 5.82 Å². The van der Waals surface area contributed by atoms with Crippen molar-refractivity contribution in [3.63, 3.8) is 0 Å². The van der Waals surface area contributed by atoms with Crippen LogP contribution in [0.15, 0.2) is 18.2 Å². The van der Waals surface area contributed by atoms with Crippen LogP contribution in [-0.4, -0.2) is 18.2 Å². The van der Waals surface area contributed by atoms with Gasteiger partial charge in [0.2, 0.25) is 0 Å². The topological polar surface area (TPSA) is 24.1 Å². The third-order valence-corrected chi connectivity index (χ3v) is 2.81. The summed E-state index contributed by atoms with van der Waals surface area (Å²) < 4.78 is 12.9. The number of hydrogen-bond donors (Lipinski definition) is 2. The standard InChI is InChI=1S/C13H19FN2S/c1-3-7-15-13(17)16-8-6-11-4-5-12(14)9-10(11)2/h4-5,9H,3,6-8H2,1-2H3,(H2,15,16,17). The van der Waals surface area contributed by atoms with Crippen molar-refractivity contribution in [1.29, 1.82) is 0 Å². The van der Waals surface area contributed by atoms with E-state index in [0.29, 0.717) is 5.11 Å². The molecule has 17 heavy (non-hydrogen) atoms. The first-order valence-corrected chi connectivity index (χ1v) is 6.31. The molecule has 0 radical (unpaired) electrons. The SMILES string of the molecule is CCCNC(=S)NCCc1ccc(F)cc1C. The van der Waals surface area contributed by atoms with Crippen molar-refractivity contribution in [2.75, 3.05) is 13.1 Å². The Morgan fingerprint density at radius 1 is 1.29 bits per heavy atom. The van der Waals surface area contributed by atoms with Gasteiger partial charge in [-0.25, -0.2) is 4.39 Å². The Labute approximate surface area is 108 Å². The molecule has 0 bridgehead atoms. The molecule has 0 amide bonds. The molecule has 2 N–H and O–H groups in total. The summed E-state index contributed by atoms with van der Waals surface area (Å²) in [5, 5.41) is 6.92. The van der Waals surface area contributed by atoms with Gasteiger partial charge >= 0.3 is 0 Å². The number of nitrogens with one attached hydrogen (secondary N) is 2. The average Bonchev–Trinajstić information content (AvgIpc) is 2.29. The minimum Gasteiger partial charge on any atom is -0.363 e. The molecule has 94 valence electrons. The van der Waals surface area contributed by atoms with Gasteiger partial charge in [0.15, 0.2) is 5.11 Å². The Bertz CT molecular complexity index is 380. The van der Waals surface area contributed by atoms with Gasteiger partial charge in [0, 0.05) is 13.1 Å². The second-order valence-corrected chi connectivity index (χ2v) is 4.41. The van der Waals surface area contributed by atoms with Crippen LogP contribution in [0.25, 0.3) is 0 Å². The predicted molar refractivity (Wildman–Crippen MR) is 73.7 cm³/mol. The molecule has 0 saturated carbocycles. The van der Waals surface area contributed by atoms with Crippen LogP contribution in [0.2, 0.25) is 0 Å². The van der Waals surface area contributed by atoms with E-state index in [1.165, 1.54) is 6.07 Å². The van der Waals surface area contributed by atoms with Crippen molar-refractivity contribution in [1.82, 2.24) is 10.6 Å². The van der Waals surface area contributed by atoms with E-state index in [4.69, 9.17) is 12.2 Å². The molecule has 0 aliphatic heterocycles. The molecule has 0 fully saturated rings. The van der Waals surface area contributed by atoms with E-state index in [2.05, 4.69) is 17.6 Å². The largest absolute Gasteiger partial charge is 0.363 e. The first-order valence-electron chi connectivity index (χ1n) is 5.90. The lowest BCUT2D eigenvalue weighted by Crippen LogP contribution is -2.36. The highest BCUT2D eigenvalue weighted by Crippen LogP contribution is 2.10. The second kappa shape index (κ2) is 7.22. The van der Waals surface area contributed by atoms with Crippen molar-refractivity contribution in [2.24, 2.45) is 0 Å². The summed E-state index contributed by atoms with van der Waals surface area (Å²) in [5.74, 6) is -0.181. The van der Waals surface area contributed by atoms with Gasteiger partial charge in [0.25, 0.3) is 0 Å². The fourth-order valence-corrected chi connectivity index (χ4v) is 1.76. The summed E-state index contributed by atoms with van der Waals surface area (Å²) in [6.07, 6.45) is 1.90. The van der Waals surface area contributed by atoms with Crippen LogP contribution in [0.1, 0.15) is 24.5 Å². The van der Waals surface area contributed by atoms with Gasteiger partial charge in [-0.3, -0.25) is 0 Å². The van der Waals surface area contributed by atoms with Gasteiger partial charge in [-0.1, -0.05) is 13.0 Å². The maximum absolute atomic E-state index is 12.9. The molecule has 0 aliphatic carbocycles. The van der Waals surface area contributed by atoms with E-state index < -0.39 is 0 Å². The fraction of sp³-hybridized carbons (Fsp3) is 0.462. The summed E-state index contributed by atoms with van der Waals surface area (Å²) in [5.41, 5.74) is 2.14. The van der Waals surface area contributed by atoms with Gasteiger partial charge in [-0.15, -0.1) is 0 Å². The van der Waals surface area contributed by atoms with Crippen molar-refractivity contribution in [2.45, 2.75) is 26.7 Å². The highest BCUT2D eigenvalue weighted by molar-refractivity contribution is 7.80. The zero-order valence-electron chi connectivity index (χ0n) is 10.3. The molecule has 1 aromatic carbocycles. The average molecular weight is 254 g/mol. The van der Waals surface area contributed by atoms with Crippen LogP contribution >= 0.6 is 12.2 Å². The first-order chi connectivity index (χ1) is 8.13. The van der Waals surface area contributed by atoms with Gasteiger partial charge < -0.3 is 10.6 Å². The monoisotopic (exact) mass is 254 g/mol. The van der Waals surface area contributed by atoms with Crippen LogP contribution in [0, 0.1) is 12.7 Å². The molecule has 0 aliphatic rings. The Morgan fingerprint density at radius 2 is 2.00 bits per heavy atom. The molecule has 0 atom stereocenters. The quantitative estimate of drug-likeness (QED) is 0.790. The predicted octanol–water partition coefficient (Wildman–Crippen LogP) is 2.55. The third-order valence-electron chi connectivity index (χ3n) is 2.52. The summed E-state index contributed by atoms with van der Waals surface area (Å²) >= 11 is 5.11. The minimum absolute atomic E-state index is 0.181. The molecule has 1 rings (SSSR count). The van der Waals surface area contributed by atoms with E-state index in [0.717, 1.165) is 37.1 Å². The van der Waals surface area contributed by atoms with E-state index in [-0.39, 0.29) is 5.82 Å². The van der Waals surface area contributed by atoms with Crippen LogP contribution < -0.4 is 10.6 Å². The van der Waals surface area contributed by atoms with Crippen LogP contribution in [-0.2, 0) is 6.42 Å². The number of benzene rings is 1. The second-order valence-electron chi connectivity index (χ2n) is 4.00. The maximum Gasteiger partial charge on any atom is 0.166 e. The normalized spacial score (nSPS) is 10.1. The number of halogens is 1. The summed E-state index contributed by atoms with van der Waals surface area (Å²) in [6, 6.07) is 4.88. The van der Waals surface area contributed by atoms with E-state index >= 15 is 0 Å². The molecule has 1 aromatic rings. The van der Waals surface area contributed by atoms with Crippen molar-refractivity contribution >= 4 is 17.3 Å². The molecule has 4 heteroatoms. The molecule has 0 saturated heterocycles. The Kier molecular flexibility index (Phi) is 5.91.